The second-order valence-electron chi connectivity index (χ2n) is 11.2. The molecule has 3 atom stereocenters. The third kappa shape index (κ3) is 7.46. The van der Waals surface area contributed by atoms with Crippen molar-refractivity contribution in [2.75, 3.05) is 6.54 Å². The predicted molar refractivity (Wildman–Crippen MR) is 147 cm³/mol. The van der Waals surface area contributed by atoms with Gasteiger partial charge in [0.2, 0.25) is 17.6 Å². The van der Waals surface area contributed by atoms with Crippen LogP contribution in [0.5, 0.6) is 0 Å². The molecule has 1 aliphatic heterocycles. The summed E-state index contributed by atoms with van der Waals surface area (Å²) in [5, 5.41) is 11.9. The molecule has 4 rings (SSSR count). The Hall–Kier alpha value is -3.69. The summed E-state index contributed by atoms with van der Waals surface area (Å²) in [5.41, 5.74) is 1.12. The van der Waals surface area contributed by atoms with E-state index in [0.717, 1.165) is 43.0 Å². The number of fused-ring (bicyclic) bond motifs is 1. The van der Waals surface area contributed by atoms with Crippen LogP contribution in [0.25, 0.3) is 10.9 Å². The highest BCUT2D eigenvalue weighted by Gasteiger charge is 2.36. The van der Waals surface area contributed by atoms with Crippen LogP contribution in [0.2, 0.25) is 0 Å². The number of carbonyl (C=O) groups excluding carboxylic acids is 5. The van der Waals surface area contributed by atoms with Crippen molar-refractivity contribution in [3.05, 3.63) is 36.0 Å². The van der Waals surface area contributed by atoms with Crippen molar-refractivity contribution in [1.29, 1.82) is 0 Å². The minimum absolute atomic E-state index is 0.0266. The maximum absolute atomic E-state index is 13.5. The van der Waals surface area contributed by atoms with E-state index in [9.17, 15) is 24.0 Å². The van der Waals surface area contributed by atoms with Gasteiger partial charge in [0.1, 0.15) is 11.7 Å². The number of para-hydroxylation sites is 1. The third-order valence-corrected chi connectivity index (χ3v) is 7.58. The molecule has 0 unspecified atom stereocenters. The Morgan fingerprint density at radius 3 is 2.38 bits per heavy atom. The Morgan fingerprint density at radius 1 is 0.974 bits per heavy atom. The van der Waals surface area contributed by atoms with Gasteiger partial charge in [-0.25, -0.2) is 0 Å². The van der Waals surface area contributed by atoms with Crippen LogP contribution in [0.1, 0.15) is 75.7 Å². The highest BCUT2D eigenvalue weighted by Crippen LogP contribution is 2.20. The molecule has 5 N–H and O–H groups in total. The van der Waals surface area contributed by atoms with Crippen molar-refractivity contribution >= 4 is 40.3 Å². The number of carbonyl (C=O) groups is 5. The maximum atomic E-state index is 13.5. The summed E-state index contributed by atoms with van der Waals surface area (Å²) in [7, 11) is 0. The Labute approximate surface area is 228 Å². The molecule has 0 spiro atoms. The number of aromatic nitrogens is 1. The minimum atomic E-state index is -1.17. The fraction of sp³-hybridized carbons (Fsp3) is 0.552. The van der Waals surface area contributed by atoms with Gasteiger partial charge >= 0.3 is 0 Å². The van der Waals surface area contributed by atoms with Gasteiger partial charge in [-0.2, -0.15) is 0 Å². The summed E-state index contributed by atoms with van der Waals surface area (Å²) in [6, 6.07) is 7.03. The molecular formula is C29H39N5O5. The van der Waals surface area contributed by atoms with Crippen molar-refractivity contribution in [2.45, 2.75) is 83.3 Å². The van der Waals surface area contributed by atoms with Gasteiger partial charge in [-0.1, -0.05) is 51.3 Å². The molecule has 1 aromatic carbocycles. The van der Waals surface area contributed by atoms with Gasteiger partial charge in [0, 0.05) is 29.4 Å². The number of benzene rings is 1. The molecule has 2 aliphatic rings. The lowest BCUT2D eigenvalue weighted by Crippen LogP contribution is -2.55. The topological polar surface area (TPSA) is 149 Å². The lowest BCUT2D eigenvalue weighted by Gasteiger charge is -2.26. The zero-order valence-electron chi connectivity index (χ0n) is 22.7. The molecule has 2 fully saturated rings. The summed E-state index contributed by atoms with van der Waals surface area (Å²) >= 11 is 0. The lowest BCUT2D eigenvalue weighted by molar-refractivity contribution is -0.141. The van der Waals surface area contributed by atoms with E-state index in [1.165, 1.54) is 0 Å². The summed E-state index contributed by atoms with van der Waals surface area (Å²) < 4.78 is 0. The quantitative estimate of drug-likeness (QED) is 0.279. The Bertz CT molecular complexity index is 1180. The number of Topliss-reactive ketones (excluding diaryl/α,β-unsaturated/α-hetero) is 1. The molecule has 2 aromatic rings. The monoisotopic (exact) mass is 537 g/mol. The Kier molecular flexibility index (Phi) is 9.37. The first kappa shape index (κ1) is 28.3. The van der Waals surface area contributed by atoms with Crippen molar-refractivity contribution in [2.24, 2.45) is 11.8 Å². The highest BCUT2D eigenvalue weighted by atomic mass is 16.2. The first-order valence-electron chi connectivity index (χ1n) is 14.0. The molecular weight excluding hydrogens is 498 g/mol. The molecule has 4 amide bonds. The Balaban J connectivity index is 1.48. The van der Waals surface area contributed by atoms with E-state index in [1.54, 1.807) is 6.07 Å². The SMILES string of the molecule is CC(C)C[C@H](NC(=O)c1cc2ccccc2[nH]1)C(=O)N[C@@H](C[C@@H]1CCNC1=O)C(=O)C(=O)NC1CCCCC1. The fourth-order valence-electron chi connectivity index (χ4n) is 5.45. The number of aromatic amines is 1. The van der Waals surface area contributed by atoms with Crippen LogP contribution in [0.3, 0.4) is 0 Å². The Morgan fingerprint density at radius 2 is 1.72 bits per heavy atom. The minimum Gasteiger partial charge on any atom is -0.356 e. The van der Waals surface area contributed by atoms with Crippen LogP contribution in [0.4, 0.5) is 0 Å². The fourth-order valence-corrected chi connectivity index (χ4v) is 5.45. The van der Waals surface area contributed by atoms with Crippen molar-refractivity contribution in [1.82, 2.24) is 26.3 Å². The number of hydrogen-bond acceptors (Lipinski definition) is 5. The second-order valence-corrected chi connectivity index (χ2v) is 11.2. The van der Waals surface area contributed by atoms with E-state index in [2.05, 4.69) is 26.3 Å². The average Bonchev–Trinajstić information content (AvgIpc) is 3.53. The van der Waals surface area contributed by atoms with Crippen molar-refractivity contribution in [3.63, 3.8) is 0 Å². The number of ketones is 1. The van der Waals surface area contributed by atoms with Crippen LogP contribution in [-0.2, 0) is 19.2 Å². The van der Waals surface area contributed by atoms with Crippen LogP contribution < -0.4 is 21.3 Å². The summed E-state index contributed by atoms with van der Waals surface area (Å²) in [4.78, 5) is 68.1. The van der Waals surface area contributed by atoms with Crippen molar-refractivity contribution < 1.29 is 24.0 Å². The molecule has 10 heteroatoms. The van der Waals surface area contributed by atoms with Crippen LogP contribution in [0, 0.1) is 11.8 Å². The lowest BCUT2D eigenvalue weighted by atomic mass is 9.93. The zero-order valence-corrected chi connectivity index (χ0v) is 22.7. The number of H-pyrrole nitrogens is 1. The zero-order chi connectivity index (χ0) is 27.9. The summed E-state index contributed by atoms with van der Waals surface area (Å²) in [6.07, 6.45) is 5.61. The standard InChI is InChI=1S/C29H39N5O5/c1-17(2)14-23(34-28(38)24-15-18-8-6-7-11-21(18)32-24)27(37)33-22(16-19-12-13-30-26(19)36)25(35)29(39)31-20-9-4-3-5-10-20/h6-8,11,15,17,19-20,22-23,32H,3-5,9-10,12-14,16H2,1-2H3,(H,30,36)(H,31,39)(H,33,37)(H,34,38)/t19-,22-,23-/m0/s1. The molecule has 10 nitrogen and oxygen atoms in total. The van der Waals surface area contributed by atoms with E-state index in [-0.39, 0.29) is 24.3 Å². The van der Waals surface area contributed by atoms with Gasteiger partial charge in [-0.3, -0.25) is 24.0 Å². The molecule has 1 aliphatic carbocycles. The normalized spacial score (nSPS) is 19.4. The molecule has 1 aromatic heterocycles. The largest absolute Gasteiger partial charge is 0.356 e. The van der Waals surface area contributed by atoms with Gasteiger partial charge in [0.05, 0.1) is 6.04 Å². The van der Waals surface area contributed by atoms with Gasteiger partial charge in [-0.05, 0) is 50.2 Å². The van der Waals surface area contributed by atoms with Gasteiger partial charge in [0.25, 0.3) is 11.8 Å². The van der Waals surface area contributed by atoms with Crippen molar-refractivity contribution in [3.8, 4) is 0 Å². The summed E-state index contributed by atoms with van der Waals surface area (Å²) in [6.45, 7) is 4.35. The van der Waals surface area contributed by atoms with Gasteiger partial charge in [-0.15, -0.1) is 0 Å². The number of nitrogens with one attached hydrogen (secondary N) is 5. The molecule has 1 saturated heterocycles. The maximum Gasteiger partial charge on any atom is 0.289 e. The summed E-state index contributed by atoms with van der Waals surface area (Å²) in [5.74, 6) is -3.12. The van der Waals surface area contributed by atoms with E-state index < -0.39 is 41.5 Å². The molecule has 2 heterocycles. The van der Waals surface area contributed by atoms with E-state index in [4.69, 9.17) is 0 Å². The average molecular weight is 538 g/mol. The van der Waals surface area contributed by atoms with Gasteiger partial charge < -0.3 is 26.3 Å². The van der Waals surface area contributed by atoms with Crippen LogP contribution in [0.15, 0.2) is 30.3 Å². The first-order chi connectivity index (χ1) is 18.7. The molecule has 1 saturated carbocycles. The predicted octanol–water partition coefficient (Wildman–Crippen LogP) is 2.34. The second kappa shape index (κ2) is 12.9. The molecule has 0 radical (unpaired) electrons. The van der Waals surface area contributed by atoms with Gasteiger partial charge in [0.15, 0.2) is 0 Å². The van der Waals surface area contributed by atoms with Crippen LogP contribution in [-0.4, -0.2) is 59.1 Å². The van der Waals surface area contributed by atoms with E-state index in [1.807, 2.05) is 38.1 Å². The number of amides is 4. The van der Waals surface area contributed by atoms with E-state index in [0.29, 0.717) is 25.1 Å². The number of hydrogen-bond donors (Lipinski definition) is 5. The first-order valence-corrected chi connectivity index (χ1v) is 14.0. The molecule has 39 heavy (non-hydrogen) atoms. The molecule has 210 valence electrons. The molecule has 0 bridgehead atoms. The van der Waals surface area contributed by atoms with Crippen LogP contribution >= 0.6 is 0 Å². The number of rotatable bonds is 11. The van der Waals surface area contributed by atoms with E-state index >= 15 is 0 Å². The highest BCUT2D eigenvalue weighted by molar-refractivity contribution is 6.38. The smallest absolute Gasteiger partial charge is 0.289 e. The third-order valence-electron chi connectivity index (χ3n) is 7.58.